The standard InChI is InChI=1S/C15H22FN/c1-14(2)9-3-4-10-15(14,17)11-12-5-7-13(16)8-6-12/h5-8H,3-4,9-11,17H2,1-2H3. The van der Waals surface area contributed by atoms with Crippen molar-refractivity contribution in [3.05, 3.63) is 35.6 Å². The smallest absolute Gasteiger partial charge is 0.123 e. The first-order valence-corrected chi connectivity index (χ1v) is 6.46. The highest BCUT2D eigenvalue weighted by molar-refractivity contribution is 5.20. The van der Waals surface area contributed by atoms with Crippen LogP contribution in [0.25, 0.3) is 0 Å². The van der Waals surface area contributed by atoms with Crippen molar-refractivity contribution in [3.63, 3.8) is 0 Å². The highest BCUT2D eigenvalue weighted by Gasteiger charge is 2.43. The minimum Gasteiger partial charge on any atom is -0.324 e. The van der Waals surface area contributed by atoms with Crippen molar-refractivity contribution in [3.8, 4) is 0 Å². The van der Waals surface area contributed by atoms with Gasteiger partial charge in [0.25, 0.3) is 0 Å². The summed E-state index contributed by atoms with van der Waals surface area (Å²) in [5.41, 5.74) is 7.77. The lowest BCUT2D eigenvalue weighted by atomic mass is 9.61. The van der Waals surface area contributed by atoms with Gasteiger partial charge in [-0.25, -0.2) is 4.39 Å². The summed E-state index contributed by atoms with van der Waals surface area (Å²) in [6.45, 7) is 4.52. The Hall–Kier alpha value is -0.890. The van der Waals surface area contributed by atoms with Crippen molar-refractivity contribution in [1.29, 1.82) is 0 Å². The number of benzene rings is 1. The molecule has 1 fully saturated rings. The fourth-order valence-corrected chi connectivity index (χ4v) is 2.89. The van der Waals surface area contributed by atoms with E-state index in [4.69, 9.17) is 5.73 Å². The number of nitrogens with two attached hydrogens (primary N) is 1. The monoisotopic (exact) mass is 235 g/mol. The Morgan fingerprint density at radius 3 is 2.29 bits per heavy atom. The largest absolute Gasteiger partial charge is 0.324 e. The zero-order chi connectivity index (χ0) is 12.5. The molecule has 0 bridgehead atoms. The second-order valence-corrected chi connectivity index (χ2v) is 6.05. The lowest BCUT2D eigenvalue weighted by molar-refractivity contribution is 0.0990. The molecule has 0 saturated heterocycles. The molecule has 0 amide bonds. The van der Waals surface area contributed by atoms with Gasteiger partial charge in [-0.2, -0.15) is 0 Å². The number of hydrogen-bond donors (Lipinski definition) is 1. The molecule has 0 aliphatic heterocycles. The van der Waals surface area contributed by atoms with E-state index in [1.54, 1.807) is 0 Å². The maximum Gasteiger partial charge on any atom is 0.123 e. The van der Waals surface area contributed by atoms with E-state index >= 15 is 0 Å². The zero-order valence-electron chi connectivity index (χ0n) is 10.8. The quantitative estimate of drug-likeness (QED) is 0.831. The van der Waals surface area contributed by atoms with Gasteiger partial charge >= 0.3 is 0 Å². The molecule has 1 unspecified atom stereocenters. The molecule has 0 spiro atoms. The van der Waals surface area contributed by atoms with Gasteiger partial charge in [0, 0.05) is 5.54 Å². The average molecular weight is 235 g/mol. The van der Waals surface area contributed by atoms with Gasteiger partial charge in [0.05, 0.1) is 0 Å². The molecular weight excluding hydrogens is 213 g/mol. The van der Waals surface area contributed by atoms with Crippen molar-refractivity contribution < 1.29 is 4.39 Å². The van der Waals surface area contributed by atoms with E-state index < -0.39 is 0 Å². The van der Waals surface area contributed by atoms with Crippen LogP contribution < -0.4 is 5.73 Å². The van der Waals surface area contributed by atoms with Crippen LogP contribution >= 0.6 is 0 Å². The third kappa shape index (κ3) is 2.52. The fourth-order valence-electron chi connectivity index (χ4n) is 2.89. The highest BCUT2D eigenvalue weighted by Crippen LogP contribution is 2.43. The molecule has 2 rings (SSSR count). The number of halogens is 1. The van der Waals surface area contributed by atoms with Crippen LogP contribution in [0, 0.1) is 11.2 Å². The minimum atomic E-state index is -0.178. The SMILES string of the molecule is CC1(C)CCCCC1(N)Cc1ccc(F)cc1. The van der Waals surface area contributed by atoms with E-state index in [9.17, 15) is 4.39 Å². The van der Waals surface area contributed by atoms with E-state index in [0.29, 0.717) is 0 Å². The average Bonchev–Trinajstić information content (AvgIpc) is 2.26. The van der Waals surface area contributed by atoms with Gasteiger partial charge < -0.3 is 5.73 Å². The zero-order valence-corrected chi connectivity index (χ0v) is 10.8. The topological polar surface area (TPSA) is 26.0 Å². The minimum absolute atomic E-state index is 0.150. The van der Waals surface area contributed by atoms with Crippen LogP contribution in [0.2, 0.25) is 0 Å². The second kappa shape index (κ2) is 4.41. The highest BCUT2D eigenvalue weighted by atomic mass is 19.1. The lowest BCUT2D eigenvalue weighted by Crippen LogP contribution is -2.56. The van der Waals surface area contributed by atoms with Gasteiger partial charge in [0.2, 0.25) is 0 Å². The molecule has 2 heteroatoms. The molecule has 1 atom stereocenters. The van der Waals surface area contributed by atoms with Crippen LogP contribution in [0.1, 0.15) is 45.1 Å². The molecule has 0 heterocycles. The summed E-state index contributed by atoms with van der Waals surface area (Å²) in [4.78, 5) is 0. The van der Waals surface area contributed by atoms with Crippen molar-refractivity contribution in [2.75, 3.05) is 0 Å². The Balaban J connectivity index is 2.18. The maximum atomic E-state index is 12.9. The summed E-state index contributed by atoms with van der Waals surface area (Å²) in [6.07, 6.45) is 5.58. The van der Waals surface area contributed by atoms with Gasteiger partial charge in [-0.3, -0.25) is 0 Å². The molecule has 1 aromatic rings. The summed E-state index contributed by atoms with van der Waals surface area (Å²) in [5, 5.41) is 0. The molecule has 17 heavy (non-hydrogen) atoms. The first-order chi connectivity index (χ1) is 7.93. The van der Waals surface area contributed by atoms with E-state index in [1.165, 1.54) is 31.4 Å². The molecule has 94 valence electrons. The molecule has 0 aromatic heterocycles. The molecule has 1 nitrogen and oxygen atoms in total. The van der Waals surface area contributed by atoms with Crippen LogP contribution in [0.15, 0.2) is 24.3 Å². The Bertz CT molecular complexity index is 382. The maximum absolute atomic E-state index is 12.9. The summed E-state index contributed by atoms with van der Waals surface area (Å²) >= 11 is 0. The Morgan fingerprint density at radius 2 is 1.71 bits per heavy atom. The molecule has 1 aliphatic rings. The van der Waals surface area contributed by atoms with Crippen LogP contribution in [0.4, 0.5) is 4.39 Å². The predicted octanol–water partition coefficient (Wildman–Crippen LogP) is 3.67. The summed E-state index contributed by atoms with van der Waals surface area (Å²) < 4.78 is 12.9. The normalized spacial score (nSPS) is 28.0. The van der Waals surface area contributed by atoms with E-state index in [2.05, 4.69) is 13.8 Å². The van der Waals surface area contributed by atoms with E-state index in [0.717, 1.165) is 18.4 Å². The summed E-state index contributed by atoms with van der Waals surface area (Å²) in [7, 11) is 0. The fraction of sp³-hybridized carbons (Fsp3) is 0.600. The molecule has 1 aliphatic carbocycles. The van der Waals surface area contributed by atoms with Gasteiger partial charge in [0.1, 0.15) is 5.82 Å². The predicted molar refractivity (Wildman–Crippen MR) is 69.3 cm³/mol. The molecule has 0 radical (unpaired) electrons. The lowest BCUT2D eigenvalue weighted by Gasteiger charge is -2.48. The molecular formula is C15H22FN. The Labute approximate surface area is 103 Å². The second-order valence-electron chi connectivity index (χ2n) is 6.05. The summed E-state index contributed by atoms with van der Waals surface area (Å²) in [6, 6.07) is 6.76. The first-order valence-electron chi connectivity index (χ1n) is 6.46. The number of rotatable bonds is 2. The van der Waals surface area contributed by atoms with Crippen molar-refractivity contribution in [2.45, 2.75) is 51.5 Å². The third-order valence-electron chi connectivity index (χ3n) is 4.46. The van der Waals surface area contributed by atoms with Gasteiger partial charge in [-0.05, 0) is 42.4 Å². The Morgan fingerprint density at radius 1 is 1.12 bits per heavy atom. The van der Waals surface area contributed by atoms with Gasteiger partial charge in [-0.15, -0.1) is 0 Å². The first kappa shape index (κ1) is 12.6. The van der Waals surface area contributed by atoms with Crippen molar-refractivity contribution in [2.24, 2.45) is 11.1 Å². The number of hydrogen-bond acceptors (Lipinski definition) is 1. The van der Waals surface area contributed by atoms with E-state index in [-0.39, 0.29) is 16.8 Å². The van der Waals surface area contributed by atoms with Gasteiger partial charge in [0.15, 0.2) is 0 Å². The van der Waals surface area contributed by atoms with E-state index in [1.807, 2.05) is 12.1 Å². The van der Waals surface area contributed by atoms with Crippen LogP contribution in [-0.2, 0) is 6.42 Å². The third-order valence-corrected chi connectivity index (χ3v) is 4.46. The van der Waals surface area contributed by atoms with Crippen LogP contribution in [0.3, 0.4) is 0 Å². The van der Waals surface area contributed by atoms with Crippen LogP contribution in [-0.4, -0.2) is 5.54 Å². The summed E-state index contributed by atoms with van der Waals surface area (Å²) in [5.74, 6) is -0.178. The van der Waals surface area contributed by atoms with Crippen molar-refractivity contribution >= 4 is 0 Å². The Kier molecular flexibility index (Phi) is 3.26. The molecule has 1 saturated carbocycles. The van der Waals surface area contributed by atoms with Gasteiger partial charge in [-0.1, -0.05) is 38.8 Å². The van der Waals surface area contributed by atoms with Crippen LogP contribution in [0.5, 0.6) is 0 Å². The van der Waals surface area contributed by atoms with Crippen molar-refractivity contribution in [1.82, 2.24) is 0 Å². The molecule has 2 N–H and O–H groups in total. The molecule has 1 aromatic carbocycles.